The van der Waals surface area contributed by atoms with Crippen molar-refractivity contribution in [2.75, 3.05) is 4.72 Å². The van der Waals surface area contributed by atoms with Crippen molar-refractivity contribution in [1.29, 1.82) is 0 Å². The van der Waals surface area contributed by atoms with Gasteiger partial charge in [-0.2, -0.15) is 0 Å². The van der Waals surface area contributed by atoms with Gasteiger partial charge in [0, 0.05) is 18.9 Å². The molecule has 0 aromatic carbocycles. The highest BCUT2D eigenvalue weighted by molar-refractivity contribution is 7.92. The van der Waals surface area contributed by atoms with Crippen molar-refractivity contribution in [3.63, 3.8) is 0 Å². The van der Waals surface area contributed by atoms with Crippen LogP contribution in [0.2, 0.25) is 0 Å². The summed E-state index contributed by atoms with van der Waals surface area (Å²) in [6.45, 7) is 1.83. The summed E-state index contributed by atoms with van der Waals surface area (Å²) in [4.78, 5) is 8.04. The van der Waals surface area contributed by atoms with E-state index in [0.29, 0.717) is 11.5 Å². The molecule has 0 unspecified atom stereocenters. The summed E-state index contributed by atoms with van der Waals surface area (Å²) in [7, 11) is -3.73. The Balaban J connectivity index is 2.41. The fraction of sp³-hybridized carbons (Fsp3) is 0.167. The monoisotopic (exact) mass is 278 g/mol. The topological polar surface area (TPSA) is 98.0 Å². The van der Waals surface area contributed by atoms with Crippen molar-refractivity contribution in [1.82, 2.24) is 9.97 Å². The molecule has 6 nitrogen and oxygen atoms in total. The molecule has 0 amide bonds. The van der Waals surface area contributed by atoms with Gasteiger partial charge in [-0.05, 0) is 30.7 Å². The van der Waals surface area contributed by atoms with Crippen LogP contribution >= 0.6 is 0 Å². The van der Waals surface area contributed by atoms with Crippen molar-refractivity contribution < 1.29 is 8.42 Å². The number of aromatic nitrogens is 2. The summed E-state index contributed by atoms with van der Waals surface area (Å²) in [5, 5.41) is 0. The van der Waals surface area contributed by atoms with E-state index >= 15 is 0 Å². The number of rotatable bonds is 4. The lowest BCUT2D eigenvalue weighted by molar-refractivity contribution is 0.599. The third-order valence-corrected chi connectivity index (χ3v) is 3.98. The molecule has 0 saturated carbocycles. The number of nitrogens with one attached hydrogen (secondary N) is 1. The summed E-state index contributed by atoms with van der Waals surface area (Å²) < 4.78 is 27.0. The zero-order valence-corrected chi connectivity index (χ0v) is 11.2. The molecule has 2 rings (SSSR count). The molecule has 0 atom stereocenters. The molecular formula is C12H14N4O2S. The molecule has 0 aliphatic carbocycles. The number of hydrogen-bond acceptors (Lipinski definition) is 5. The molecule has 0 aliphatic heterocycles. The Morgan fingerprint density at radius 1 is 1.21 bits per heavy atom. The lowest BCUT2D eigenvalue weighted by atomic mass is 10.3. The van der Waals surface area contributed by atoms with E-state index in [1.54, 1.807) is 25.1 Å². The Morgan fingerprint density at radius 2 is 1.89 bits per heavy atom. The van der Waals surface area contributed by atoms with E-state index < -0.39 is 10.0 Å². The highest BCUT2D eigenvalue weighted by Crippen LogP contribution is 2.18. The fourth-order valence-corrected chi connectivity index (χ4v) is 2.88. The van der Waals surface area contributed by atoms with Crippen molar-refractivity contribution in [3.05, 3.63) is 47.9 Å². The zero-order chi connectivity index (χ0) is 13.9. The van der Waals surface area contributed by atoms with Crippen molar-refractivity contribution in [2.24, 2.45) is 5.73 Å². The molecule has 7 heteroatoms. The van der Waals surface area contributed by atoms with Gasteiger partial charge in [0.1, 0.15) is 10.7 Å². The Morgan fingerprint density at radius 3 is 2.58 bits per heavy atom. The molecule has 0 aliphatic rings. The fourth-order valence-electron chi connectivity index (χ4n) is 1.60. The number of nitrogens with two attached hydrogens (primary N) is 1. The quantitative estimate of drug-likeness (QED) is 0.871. The highest BCUT2D eigenvalue weighted by Gasteiger charge is 2.19. The highest BCUT2D eigenvalue weighted by atomic mass is 32.2. The number of sulfonamides is 1. The molecule has 100 valence electrons. The van der Waals surface area contributed by atoms with Gasteiger partial charge < -0.3 is 5.73 Å². The van der Waals surface area contributed by atoms with Gasteiger partial charge in [-0.1, -0.05) is 6.07 Å². The molecule has 0 fully saturated rings. The van der Waals surface area contributed by atoms with E-state index in [-0.39, 0.29) is 11.4 Å². The second kappa shape index (κ2) is 5.33. The lowest BCUT2D eigenvalue weighted by Gasteiger charge is -2.11. The molecule has 19 heavy (non-hydrogen) atoms. The Labute approximate surface area is 111 Å². The number of pyridine rings is 2. The maximum absolute atomic E-state index is 12.3. The first-order chi connectivity index (χ1) is 9.04. The number of aryl methyl sites for hydroxylation is 1. The van der Waals surface area contributed by atoms with Crippen LogP contribution in [0, 0.1) is 6.92 Å². The second-order valence-electron chi connectivity index (χ2n) is 3.93. The van der Waals surface area contributed by atoms with Crippen molar-refractivity contribution in [3.8, 4) is 0 Å². The average Bonchev–Trinajstić information content (AvgIpc) is 2.41. The molecule has 0 bridgehead atoms. The molecular weight excluding hydrogens is 264 g/mol. The second-order valence-corrected chi connectivity index (χ2v) is 5.58. The first-order valence-electron chi connectivity index (χ1n) is 5.63. The maximum atomic E-state index is 12.3. The van der Waals surface area contributed by atoms with E-state index in [0.717, 1.165) is 5.56 Å². The summed E-state index contributed by atoms with van der Waals surface area (Å²) in [6.07, 6.45) is 3.03. The predicted molar refractivity (Wildman–Crippen MR) is 71.9 cm³/mol. The predicted octanol–water partition coefficient (Wildman–Crippen LogP) is 1.04. The van der Waals surface area contributed by atoms with Crippen molar-refractivity contribution >= 4 is 15.8 Å². The summed E-state index contributed by atoms with van der Waals surface area (Å²) in [5.74, 6) is 0.300. The minimum absolute atomic E-state index is 0.0539. The zero-order valence-electron chi connectivity index (χ0n) is 10.4. The molecule has 0 radical (unpaired) electrons. The lowest BCUT2D eigenvalue weighted by Crippen LogP contribution is -2.18. The number of hydrogen-bond donors (Lipinski definition) is 2. The van der Waals surface area contributed by atoms with Gasteiger partial charge in [-0.3, -0.25) is 9.71 Å². The van der Waals surface area contributed by atoms with Gasteiger partial charge in [-0.25, -0.2) is 13.4 Å². The minimum atomic E-state index is -3.73. The van der Waals surface area contributed by atoms with E-state index in [2.05, 4.69) is 14.7 Å². The average molecular weight is 278 g/mol. The normalized spacial score (nSPS) is 11.3. The Kier molecular flexibility index (Phi) is 3.77. The van der Waals surface area contributed by atoms with Crippen LogP contribution in [0.4, 0.5) is 5.82 Å². The van der Waals surface area contributed by atoms with E-state index in [1.165, 1.54) is 18.5 Å². The minimum Gasteiger partial charge on any atom is -0.325 e. The van der Waals surface area contributed by atoms with Gasteiger partial charge in [0.15, 0.2) is 0 Å². The molecule has 3 N–H and O–H groups in total. The molecule has 0 saturated heterocycles. The molecule has 2 heterocycles. The summed E-state index contributed by atoms with van der Waals surface area (Å²) in [5.41, 5.74) is 6.56. The number of nitrogens with zero attached hydrogens (tertiary/aromatic N) is 2. The van der Waals surface area contributed by atoms with Crippen LogP contribution in [0.5, 0.6) is 0 Å². The van der Waals surface area contributed by atoms with E-state index in [9.17, 15) is 8.42 Å². The van der Waals surface area contributed by atoms with Gasteiger partial charge in [0.05, 0.1) is 5.69 Å². The van der Waals surface area contributed by atoms with Crippen LogP contribution in [0.15, 0.2) is 41.6 Å². The van der Waals surface area contributed by atoms with Crippen LogP contribution in [0.1, 0.15) is 11.3 Å². The third-order valence-electron chi connectivity index (χ3n) is 2.57. The molecule has 2 aromatic heterocycles. The van der Waals surface area contributed by atoms with Crippen LogP contribution < -0.4 is 10.5 Å². The van der Waals surface area contributed by atoms with Crippen LogP contribution in [0.25, 0.3) is 0 Å². The standard InChI is InChI=1S/C12H14N4O2S/c1-9-4-2-7-15-12(9)16-19(17,18)11-5-3-6-14-10(11)8-13/h2-7H,8,13H2,1H3,(H,15,16). The van der Waals surface area contributed by atoms with E-state index in [1.807, 2.05) is 0 Å². The summed E-state index contributed by atoms with van der Waals surface area (Å²) in [6, 6.07) is 6.54. The SMILES string of the molecule is Cc1cccnc1NS(=O)(=O)c1cccnc1CN. The van der Waals surface area contributed by atoms with Crippen LogP contribution in [0.3, 0.4) is 0 Å². The van der Waals surface area contributed by atoms with Crippen molar-refractivity contribution in [2.45, 2.75) is 18.4 Å². The molecule has 2 aromatic rings. The van der Waals surface area contributed by atoms with Crippen LogP contribution in [-0.2, 0) is 16.6 Å². The third kappa shape index (κ3) is 2.88. The van der Waals surface area contributed by atoms with E-state index in [4.69, 9.17) is 5.73 Å². The summed E-state index contributed by atoms with van der Waals surface area (Å²) >= 11 is 0. The first-order valence-corrected chi connectivity index (χ1v) is 7.11. The number of anilines is 1. The van der Waals surface area contributed by atoms with Gasteiger partial charge in [-0.15, -0.1) is 0 Å². The Bertz CT molecular complexity index is 686. The van der Waals surface area contributed by atoms with Crippen LogP contribution in [-0.4, -0.2) is 18.4 Å². The maximum Gasteiger partial charge on any atom is 0.264 e. The van der Waals surface area contributed by atoms with Gasteiger partial charge >= 0.3 is 0 Å². The smallest absolute Gasteiger partial charge is 0.264 e. The molecule has 0 spiro atoms. The largest absolute Gasteiger partial charge is 0.325 e. The Hall–Kier alpha value is -1.99. The van der Waals surface area contributed by atoms with Gasteiger partial charge in [0.2, 0.25) is 0 Å². The van der Waals surface area contributed by atoms with Gasteiger partial charge in [0.25, 0.3) is 10.0 Å². The first kappa shape index (κ1) is 13.4.